The molecular formula is C13H19FN2O. The molecule has 0 fully saturated rings. The highest BCUT2D eigenvalue weighted by Crippen LogP contribution is 2.14. The van der Waals surface area contributed by atoms with Crippen LogP contribution in [0, 0.1) is 12.7 Å². The summed E-state index contributed by atoms with van der Waals surface area (Å²) in [6, 6.07) is 3.97. The van der Waals surface area contributed by atoms with Gasteiger partial charge >= 0.3 is 0 Å². The number of hydrogen-bond donors (Lipinski definition) is 2. The molecule has 17 heavy (non-hydrogen) atoms. The smallest absolute Gasteiger partial charge is 0.241 e. The van der Waals surface area contributed by atoms with Crippen molar-refractivity contribution in [3.63, 3.8) is 0 Å². The lowest BCUT2D eigenvalue weighted by atomic mass is 10.1. The van der Waals surface area contributed by atoms with Crippen LogP contribution in [-0.2, 0) is 4.79 Å². The molecule has 0 aliphatic carbocycles. The fourth-order valence-corrected chi connectivity index (χ4v) is 1.51. The van der Waals surface area contributed by atoms with E-state index in [0.29, 0.717) is 17.7 Å². The average molecular weight is 238 g/mol. The fourth-order valence-electron chi connectivity index (χ4n) is 1.51. The van der Waals surface area contributed by atoms with Crippen molar-refractivity contribution in [2.24, 2.45) is 5.73 Å². The zero-order valence-electron chi connectivity index (χ0n) is 10.3. The number of carbonyl (C=O) groups is 1. The van der Waals surface area contributed by atoms with E-state index in [0.717, 1.165) is 12.8 Å². The first-order chi connectivity index (χ1) is 8.04. The zero-order chi connectivity index (χ0) is 12.8. The Morgan fingerprint density at radius 2 is 2.24 bits per heavy atom. The summed E-state index contributed by atoms with van der Waals surface area (Å²) in [5.74, 6) is -0.497. The molecule has 1 unspecified atom stereocenters. The van der Waals surface area contributed by atoms with Crippen LogP contribution in [-0.4, -0.2) is 11.9 Å². The van der Waals surface area contributed by atoms with E-state index in [9.17, 15) is 9.18 Å². The van der Waals surface area contributed by atoms with Gasteiger partial charge in [0, 0.05) is 5.69 Å². The van der Waals surface area contributed by atoms with Gasteiger partial charge in [-0.2, -0.15) is 0 Å². The zero-order valence-corrected chi connectivity index (χ0v) is 10.3. The van der Waals surface area contributed by atoms with Gasteiger partial charge in [-0.05, 0) is 37.1 Å². The third-order valence-corrected chi connectivity index (χ3v) is 2.63. The molecule has 0 aliphatic heterocycles. The Morgan fingerprint density at radius 1 is 1.53 bits per heavy atom. The summed E-state index contributed by atoms with van der Waals surface area (Å²) in [6.45, 7) is 3.70. The predicted octanol–water partition coefficient (Wildman–Crippen LogP) is 2.59. The monoisotopic (exact) mass is 238 g/mol. The Balaban J connectivity index is 2.58. The van der Waals surface area contributed by atoms with Gasteiger partial charge in [-0.15, -0.1) is 0 Å². The minimum Gasteiger partial charge on any atom is -0.325 e. The van der Waals surface area contributed by atoms with Crippen molar-refractivity contribution in [2.75, 3.05) is 5.32 Å². The van der Waals surface area contributed by atoms with Crippen molar-refractivity contribution in [1.29, 1.82) is 0 Å². The maximum atomic E-state index is 13.0. The molecule has 3 N–H and O–H groups in total. The first-order valence-corrected chi connectivity index (χ1v) is 5.87. The van der Waals surface area contributed by atoms with E-state index in [1.807, 2.05) is 6.92 Å². The first-order valence-electron chi connectivity index (χ1n) is 5.87. The van der Waals surface area contributed by atoms with Crippen molar-refractivity contribution < 1.29 is 9.18 Å². The number of nitrogens with two attached hydrogens (primary N) is 1. The molecule has 0 bridgehead atoms. The molecule has 0 aromatic heterocycles. The molecular weight excluding hydrogens is 219 g/mol. The summed E-state index contributed by atoms with van der Waals surface area (Å²) in [5, 5.41) is 2.69. The third kappa shape index (κ3) is 4.15. The number of anilines is 1. The summed E-state index contributed by atoms with van der Waals surface area (Å²) in [4.78, 5) is 11.7. The van der Waals surface area contributed by atoms with E-state index in [4.69, 9.17) is 5.73 Å². The number of carbonyl (C=O) groups excluding carboxylic acids is 1. The largest absolute Gasteiger partial charge is 0.325 e. The molecule has 94 valence electrons. The maximum Gasteiger partial charge on any atom is 0.241 e. The van der Waals surface area contributed by atoms with E-state index in [-0.39, 0.29) is 11.7 Å². The standard InChI is InChI=1S/C13H19FN2O/c1-3-4-5-12(15)13(17)16-10-6-7-11(14)9(2)8-10/h6-8,12H,3-5,15H2,1-2H3,(H,16,17). The second kappa shape index (κ2) is 6.35. The van der Waals surface area contributed by atoms with Crippen LogP contribution in [0.2, 0.25) is 0 Å². The van der Waals surface area contributed by atoms with E-state index in [2.05, 4.69) is 5.32 Å². The summed E-state index contributed by atoms with van der Waals surface area (Å²) in [6.07, 6.45) is 2.61. The average Bonchev–Trinajstić information content (AvgIpc) is 2.30. The molecule has 0 radical (unpaired) electrons. The molecule has 0 spiro atoms. The van der Waals surface area contributed by atoms with Gasteiger partial charge < -0.3 is 11.1 Å². The summed E-state index contributed by atoms with van der Waals surface area (Å²) in [5.41, 5.74) is 6.82. The van der Waals surface area contributed by atoms with Crippen molar-refractivity contribution in [1.82, 2.24) is 0 Å². The molecule has 0 saturated carbocycles. The van der Waals surface area contributed by atoms with Crippen LogP contribution in [0.4, 0.5) is 10.1 Å². The first kappa shape index (κ1) is 13.6. The maximum absolute atomic E-state index is 13.0. The van der Waals surface area contributed by atoms with Crippen molar-refractivity contribution >= 4 is 11.6 Å². The minimum absolute atomic E-state index is 0.218. The van der Waals surface area contributed by atoms with Gasteiger partial charge in [-0.25, -0.2) is 4.39 Å². The van der Waals surface area contributed by atoms with E-state index < -0.39 is 6.04 Å². The van der Waals surface area contributed by atoms with Gasteiger partial charge in [0.05, 0.1) is 6.04 Å². The molecule has 1 aromatic carbocycles. The lowest BCUT2D eigenvalue weighted by Gasteiger charge is -2.12. The number of amides is 1. The third-order valence-electron chi connectivity index (χ3n) is 2.63. The van der Waals surface area contributed by atoms with Crippen LogP contribution in [0.15, 0.2) is 18.2 Å². The summed E-state index contributed by atoms with van der Waals surface area (Å²) >= 11 is 0. The van der Waals surface area contributed by atoms with E-state index >= 15 is 0 Å². The molecule has 3 nitrogen and oxygen atoms in total. The Hall–Kier alpha value is -1.42. The number of halogens is 1. The number of rotatable bonds is 5. The Kier molecular flexibility index (Phi) is 5.10. The van der Waals surface area contributed by atoms with Crippen LogP contribution in [0.1, 0.15) is 31.7 Å². The van der Waals surface area contributed by atoms with Crippen molar-refractivity contribution in [2.45, 2.75) is 39.2 Å². The Labute approximate surface area is 101 Å². The molecule has 1 amide bonds. The van der Waals surface area contributed by atoms with E-state index in [1.54, 1.807) is 13.0 Å². The van der Waals surface area contributed by atoms with Crippen LogP contribution in [0.25, 0.3) is 0 Å². The molecule has 4 heteroatoms. The van der Waals surface area contributed by atoms with Gasteiger partial charge in [0.15, 0.2) is 0 Å². The molecule has 1 aromatic rings. The van der Waals surface area contributed by atoms with Gasteiger partial charge in [0.1, 0.15) is 5.82 Å². The fraction of sp³-hybridized carbons (Fsp3) is 0.462. The minimum atomic E-state index is -0.500. The lowest BCUT2D eigenvalue weighted by molar-refractivity contribution is -0.117. The van der Waals surface area contributed by atoms with Crippen molar-refractivity contribution in [3.05, 3.63) is 29.6 Å². The highest BCUT2D eigenvalue weighted by Gasteiger charge is 2.13. The normalized spacial score (nSPS) is 12.2. The van der Waals surface area contributed by atoms with Gasteiger partial charge in [0.25, 0.3) is 0 Å². The predicted molar refractivity (Wildman–Crippen MR) is 67.3 cm³/mol. The SMILES string of the molecule is CCCCC(N)C(=O)Nc1ccc(F)c(C)c1. The number of nitrogens with one attached hydrogen (secondary N) is 1. The summed E-state index contributed by atoms with van der Waals surface area (Å²) < 4.78 is 13.0. The highest BCUT2D eigenvalue weighted by molar-refractivity contribution is 5.94. The van der Waals surface area contributed by atoms with E-state index in [1.165, 1.54) is 12.1 Å². The van der Waals surface area contributed by atoms with Crippen LogP contribution in [0.5, 0.6) is 0 Å². The molecule has 0 heterocycles. The topological polar surface area (TPSA) is 55.1 Å². The van der Waals surface area contributed by atoms with Crippen molar-refractivity contribution in [3.8, 4) is 0 Å². The number of aryl methyl sites for hydroxylation is 1. The van der Waals surface area contributed by atoms with Crippen LogP contribution >= 0.6 is 0 Å². The molecule has 0 saturated heterocycles. The molecule has 1 atom stereocenters. The lowest BCUT2D eigenvalue weighted by Crippen LogP contribution is -2.35. The Morgan fingerprint density at radius 3 is 2.82 bits per heavy atom. The highest BCUT2D eigenvalue weighted by atomic mass is 19.1. The Bertz CT molecular complexity index is 393. The van der Waals surface area contributed by atoms with Crippen LogP contribution in [0.3, 0.4) is 0 Å². The second-order valence-electron chi connectivity index (χ2n) is 4.20. The molecule has 1 rings (SSSR count). The van der Waals surface area contributed by atoms with Gasteiger partial charge in [-0.1, -0.05) is 19.8 Å². The summed E-state index contributed by atoms with van der Waals surface area (Å²) in [7, 11) is 0. The number of benzene rings is 1. The second-order valence-corrected chi connectivity index (χ2v) is 4.20. The molecule has 0 aliphatic rings. The number of hydrogen-bond acceptors (Lipinski definition) is 2. The van der Waals surface area contributed by atoms with Crippen LogP contribution < -0.4 is 11.1 Å². The van der Waals surface area contributed by atoms with Gasteiger partial charge in [-0.3, -0.25) is 4.79 Å². The quantitative estimate of drug-likeness (QED) is 0.828. The van der Waals surface area contributed by atoms with Gasteiger partial charge in [0.2, 0.25) is 5.91 Å². The number of unbranched alkanes of at least 4 members (excludes halogenated alkanes) is 1.